The van der Waals surface area contributed by atoms with Gasteiger partial charge in [0.25, 0.3) is 21.7 Å². The van der Waals surface area contributed by atoms with Gasteiger partial charge in [-0.25, -0.2) is 8.42 Å². The van der Waals surface area contributed by atoms with E-state index in [0.29, 0.717) is 0 Å². The predicted octanol–water partition coefficient (Wildman–Crippen LogP) is 2.10. The highest BCUT2D eigenvalue weighted by Gasteiger charge is 2.21. The van der Waals surface area contributed by atoms with Crippen molar-refractivity contribution < 1.29 is 17.7 Å². The number of hydrogen-bond donors (Lipinski definition) is 1. The lowest BCUT2D eigenvalue weighted by Gasteiger charge is -2.11. The monoisotopic (exact) mass is 329 g/mol. The van der Waals surface area contributed by atoms with Gasteiger partial charge in [0, 0.05) is 0 Å². The Kier molecular flexibility index (Phi) is 3.90. The molecular weight excluding hydrogens is 318 g/mol. The van der Waals surface area contributed by atoms with E-state index in [1.54, 1.807) is 30.3 Å². The maximum absolute atomic E-state index is 12.4. The highest BCUT2D eigenvalue weighted by Crippen LogP contribution is 2.22. The zero-order chi connectivity index (χ0) is 16.3. The number of nitrogens with one attached hydrogen (secondary N) is 1. The van der Waals surface area contributed by atoms with Gasteiger partial charge in [0.1, 0.15) is 0 Å². The Morgan fingerprint density at radius 3 is 2.39 bits per heavy atom. The van der Waals surface area contributed by atoms with Crippen LogP contribution in [0.15, 0.2) is 70.3 Å². The van der Waals surface area contributed by atoms with Gasteiger partial charge in [0.15, 0.2) is 6.33 Å². The van der Waals surface area contributed by atoms with Gasteiger partial charge in [0.2, 0.25) is 0 Å². The van der Waals surface area contributed by atoms with Gasteiger partial charge in [0.05, 0.1) is 16.1 Å². The Bertz CT molecular complexity index is 922. The summed E-state index contributed by atoms with van der Waals surface area (Å²) in [7, 11) is -3.81. The minimum atomic E-state index is -3.81. The Balaban J connectivity index is 1.97. The molecule has 3 aromatic rings. The molecule has 0 amide bonds. The van der Waals surface area contributed by atoms with Crippen molar-refractivity contribution in [3.8, 4) is 0 Å². The van der Waals surface area contributed by atoms with Crippen molar-refractivity contribution in [3.05, 3.63) is 72.4 Å². The van der Waals surface area contributed by atoms with E-state index in [1.165, 1.54) is 24.3 Å². The van der Waals surface area contributed by atoms with Gasteiger partial charge in [-0.1, -0.05) is 35.5 Å². The van der Waals surface area contributed by atoms with Crippen molar-refractivity contribution in [2.24, 2.45) is 0 Å². The zero-order valence-electron chi connectivity index (χ0n) is 11.7. The molecule has 23 heavy (non-hydrogen) atoms. The third-order valence-corrected chi connectivity index (χ3v) is 4.41. The van der Waals surface area contributed by atoms with Gasteiger partial charge >= 0.3 is 0 Å². The van der Waals surface area contributed by atoms with Gasteiger partial charge in [-0.2, -0.15) is 4.98 Å². The molecular formula is C15H11N3O4S. The Labute approximate surface area is 132 Å². The molecule has 0 saturated carbocycles. The van der Waals surface area contributed by atoms with Crippen molar-refractivity contribution in [2.75, 3.05) is 4.72 Å². The van der Waals surface area contributed by atoms with Crippen molar-refractivity contribution in [2.45, 2.75) is 4.90 Å². The number of hydrogen-bond acceptors (Lipinski definition) is 6. The fraction of sp³-hybridized carbons (Fsp3) is 0. The van der Waals surface area contributed by atoms with Crippen molar-refractivity contribution >= 4 is 21.5 Å². The molecule has 1 aromatic heterocycles. The van der Waals surface area contributed by atoms with Gasteiger partial charge in [-0.3, -0.25) is 9.52 Å². The topological polar surface area (TPSA) is 102 Å². The van der Waals surface area contributed by atoms with Crippen LogP contribution in [-0.4, -0.2) is 24.3 Å². The summed E-state index contributed by atoms with van der Waals surface area (Å²) in [6.07, 6.45) is 1.10. The van der Waals surface area contributed by atoms with Gasteiger partial charge in [-0.05, 0) is 24.3 Å². The maximum Gasteiger partial charge on any atom is 0.298 e. The standard InChI is InChI=1S/C15H11N3O4S/c19-14(15-16-10-17-22-15)12-8-4-5-9-13(12)18-23(20,21)11-6-2-1-3-7-11/h1-10,18H. The number of ketones is 1. The second-order valence-electron chi connectivity index (χ2n) is 4.54. The molecule has 0 bridgehead atoms. The molecule has 0 aliphatic rings. The molecule has 0 saturated heterocycles. The molecule has 8 heteroatoms. The average molecular weight is 329 g/mol. The normalized spacial score (nSPS) is 11.1. The summed E-state index contributed by atoms with van der Waals surface area (Å²) in [5, 5.41) is 3.37. The third-order valence-electron chi connectivity index (χ3n) is 3.03. The Hall–Kier alpha value is -3.00. The number of rotatable bonds is 5. The predicted molar refractivity (Wildman–Crippen MR) is 81.4 cm³/mol. The van der Waals surface area contributed by atoms with E-state index >= 15 is 0 Å². The van der Waals surface area contributed by atoms with Crippen molar-refractivity contribution in [1.29, 1.82) is 0 Å². The first-order valence-corrected chi connectivity index (χ1v) is 8.04. The summed E-state index contributed by atoms with van der Waals surface area (Å²) in [5.74, 6) is -0.773. The smallest absolute Gasteiger partial charge is 0.298 e. The van der Waals surface area contributed by atoms with Crippen LogP contribution < -0.4 is 4.72 Å². The highest BCUT2D eigenvalue weighted by atomic mass is 32.2. The molecule has 0 spiro atoms. The first-order chi connectivity index (χ1) is 11.1. The molecule has 116 valence electrons. The van der Waals surface area contributed by atoms with Crippen molar-refractivity contribution in [1.82, 2.24) is 10.1 Å². The fourth-order valence-corrected chi connectivity index (χ4v) is 3.06. The molecule has 0 atom stereocenters. The summed E-state index contributed by atoms with van der Waals surface area (Å²) in [4.78, 5) is 16.1. The van der Waals surface area contributed by atoms with Crippen LogP contribution in [0, 0.1) is 0 Å². The summed E-state index contributed by atoms with van der Waals surface area (Å²) in [6, 6.07) is 14.1. The molecule has 0 aliphatic carbocycles. The lowest BCUT2D eigenvalue weighted by Crippen LogP contribution is -2.16. The number of carbonyl (C=O) groups excluding carboxylic acids is 1. The van der Waals surface area contributed by atoms with E-state index in [2.05, 4.69) is 14.9 Å². The maximum atomic E-state index is 12.4. The number of benzene rings is 2. The number of carbonyl (C=O) groups is 1. The van der Waals surface area contributed by atoms with E-state index in [-0.39, 0.29) is 22.0 Å². The molecule has 0 unspecified atom stereocenters. The van der Waals surface area contributed by atoms with Gasteiger partial charge in [-0.15, -0.1) is 0 Å². The van der Waals surface area contributed by atoms with Crippen LogP contribution in [0.3, 0.4) is 0 Å². The average Bonchev–Trinajstić information content (AvgIpc) is 3.10. The second kappa shape index (κ2) is 6.01. The zero-order valence-corrected chi connectivity index (χ0v) is 12.5. The van der Waals surface area contributed by atoms with Crippen LogP contribution in [0.2, 0.25) is 0 Å². The molecule has 2 aromatic carbocycles. The van der Waals surface area contributed by atoms with E-state index in [0.717, 1.165) is 6.33 Å². The highest BCUT2D eigenvalue weighted by molar-refractivity contribution is 7.92. The van der Waals surface area contributed by atoms with Gasteiger partial charge < -0.3 is 4.52 Å². The molecule has 1 N–H and O–H groups in total. The molecule has 1 heterocycles. The van der Waals surface area contributed by atoms with E-state index < -0.39 is 15.8 Å². The van der Waals surface area contributed by atoms with E-state index in [9.17, 15) is 13.2 Å². The number of aromatic nitrogens is 2. The number of anilines is 1. The lowest BCUT2D eigenvalue weighted by molar-refractivity contribution is 0.0995. The summed E-state index contributed by atoms with van der Waals surface area (Å²) in [5.41, 5.74) is 0.260. The summed E-state index contributed by atoms with van der Waals surface area (Å²) >= 11 is 0. The minimum Gasteiger partial charge on any atom is -0.331 e. The van der Waals surface area contributed by atoms with E-state index in [1.807, 2.05) is 0 Å². The first-order valence-electron chi connectivity index (χ1n) is 6.56. The third kappa shape index (κ3) is 3.11. The molecule has 3 rings (SSSR count). The van der Waals surface area contributed by atoms with Crippen LogP contribution in [0.25, 0.3) is 0 Å². The van der Waals surface area contributed by atoms with Crippen LogP contribution in [0.5, 0.6) is 0 Å². The largest absolute Gasteiger partial charge is 0.331 e. The first kappa shape index (κ1) is 14.9. The number of para-hydroxylation sites is 1. The quantitative estimate of drug-likeness (QED) is 0.719. The number of sulfonamides is 1. The van der Waals surface area contributed by atoms with Crippen LogP contribution >= 0.6 is 0 Å². The summed E-state index contributed by atoms with van der Waals surface area (Å²) in [6.45, 7) is 0. The van der Waals surface area contributed by atoms with Crippen LogP contribution in [0.4, 0.5) is 5.69 Å². The number of nitrogens with zero attached hydrogens (tertiary/aromatic N) is 2. The molecule has 0 fully saturated rings. The Morgan fingerprint density at radius 2 is 1.70 bits per heavy atom. The van der Waals surface area contributed by atoms with Crippen LogP contribution in [0.1, 0.15) is 16.2 Å². The SMILES string of the molecule is O=C(c1ncno1)c1ccccc1NS(=O)(=O)c1ccccc1. The molecule has 7 nitrogen and oxygen atoms in total. The lowest BCUT2D eigenvalue weighted by atomic mass is 10.1. The molecule has 0 radical (unpaired) electrons. The molecule has 0 aliphatic heterocycles. The fourth-order valence-electron chi connectivity index (χ4n) is 1.96. The van der Waals surface area contributed by atoms with Crippen LogP contribution in [-0.2, 0) is 10.0 Å². The van der Waals surface area contributed by atoms with E-state index in [4.69, 9.17) is 4.52 Å². The minimum absolute atomic E-state index is 0.0973. The second-order valence-corrected chi connectivity index (χ2v) is 6.22. The summed E-state index contributed by atoms with van der Waals surface area (Å²) < 4.78 is 31.9. The Morgan fingerprint density at radius 1 is 1.00 bits per heavy atom. The van der Waals surface area contributed by atoms with Crippen molar-refractivity contribution in [3.63, 3.8) is 0 Å².